The van der Waals surface area contributed by atoms with Gasteiger partial charge in [-0.15, -0.1) is 5.10 Å². The maximum Gasteiger partial charge on any atom is 0.277 e. The molecule has 0 aliphatic rings. The van der Waals surface area contributed by atoms with E-state index in [1.807, 2.05) is 0 Å². The molecule has 0 spiro atoms. The van der Waals surface area contributed by atoms with E-state index in [0.29, 0.717) is 24.3 Å². The van der Waals surface area contributed by atoms with Crippen LogP contribution in [0, 0.1) is 17.0 Å². The van der Waals surface area contributed by atoms with Gasteiger partial charge in [-0.25, -0.2) is 0 Å². The molecule has 2 aromatic rings. The first kappa shape index (κ1) is 14.6. The van der Waals surface area contributed by atoms with E-state index in [9.17, 15) is 14.9 Å². The average Bonchev–Trinajstić information content (AvgIpc) is 2.90. The highest BCUT2D eigenvalue weighted by atomic mass is 16.6. The largest absolute Gasteiger partial charge is 0.329 e. The van der Waals surface area contributed by atoms with Crippen molar-refractivity contribution in [2.45, 2.75) is 13.5 Å². The first-order valence-corrected chi connectivity index (χ1v) is 6.18. The SMILES string of the molecule is Cc1c(NC(=O)c2cn(CCN)nn2)cccc1[N+](=O)[O-]. The molecule has 1 amide bonds. The summed E-state index contributed by atoms with van der Waals surface area (Å²) < 4.78 is 1.45. The second-order valence-corrected chi connectivity index (χ2v) is 4.32. The second kappa shape index (κ2) is 6.09. The van der Waals surface area contributed by atoms with Gasteiger partial charge < -0.3 is 11.1 Å². The molecule has 9 heteroatoms. The van der Waals surface area contributed by atoms with Crippen molar-refractivity contribution in [2.24, 2.45) is 5.73 Å². The Kier molecular flexibility index (Phi) is 4.24. The number of anilines is 1. The lowest BCUT2D eigenvalue weighted by molar-refractivity contribution is -0.385. The van der Waals surface area contributed by atoms with Crippen molar-refractivity contribution < 1.29 is 9.72 Å². The van der Waals surface area contributed by atoms with Crippen molar-refractivity contribution in [1.82, 2.24) is 15.0 Å². The second-order valence-electron chi connectivity index (χ2n) is 4.32. The average molecular weight is 290 g/mol. The highest BCUT2D eigenvalue weighted by Gasteiger charge is 2.17. The van der Waals surface area contributed by atoms with Crippen LogP contribution in [0.1, 0.15) is 16.1 Å². The summed E-state index contributed by atoms with van der Waals surface area (Å²) in [6, 6.07) is 4.47. The van der Waals surface area contributed by atoms with Crippen molar-refractivity contribution >= 4 is 17.3 Å². The molecule has 0 unspecified atom stereocenters. The molecule has 110 valence electrons. The number of nitro benzene ring substituents is 1. The molecule has 0 atom stereocenters. The van der Waals surface area contributed by atoms with Gasteiger partial charge in [0.05, 0.1) is 28.9 Å². The molecular weight excluding hydrogens is 276 g/mol. The molecule has 0 aliphatic heterocycles. The third-order valence-corrected chi connectivity index (χ3v) is 2.88. The summed E-state index contributed by atoms with van der Waals surface area (Å²) in [5.74, 6) is -0.484. The highest BCUT2D eigenvalue weighted by molar-refractivity contribution is 6.03. The zero-order valence-corrected chi connectivity index (χ0v) is 11.3. The van der Waals surface area contributed by atoms with Gasteiger partial charge in [0.1, 0.15) is 0 Å². The number of carbonyl (C=O) groups excluding carboxylic acids is 1. The van der Waals surface area contributed by atoms with Crippen molar-refractivity contribution in [3.05, 3.63) is 45.8 Å². The molecule has 2 rings (SSSR count). The fourth-order valence-electron chi connectivity index (χ4n) is 1.79. The smallest absolute Gasteiger partial charge is 0.277 e. The van der Waals surface area contributed by atoms with Crippen LogP contribution in [-0.4, -0.2) is 32.4 Å². The fraction of sp³-hybridized carbons (Fsp3) is 0.250. The number of hydrogen-bond donors (Lipinski definition) is 2. The predicted octanol–water partition coefficient (Wildman–Crippen LogP) is 0.706. The number of nitro groups is 1. The third-order valence-electron chi connectivity index (χ3n) is 2.88. The van der Waals surface area contributed by atoms with Crippen molar-refractivity contribution in [3.63, 3.8) is 0 Å². The molecule has 9 nitrogen and oxygen atoms in total. The number of benzene rings is 1. The molecule has 1 heterocycles. The van der Waals surface area contributed by atoms with E-state index in [-0.39, 0.29) is 11.4 Å². The number of nitrogens with zero attached hydrogens (tertiary/aromatic N) is 4. The molecule has 3 N–H and O–H groups in total. The summed E-state index contributed by atoms with van der Waals surface area (Å²) >= 11 is 0. The number of nitrogens with one attached hydrogen (secondary N) is 1. The highest BCUT2D eigenvalue weighted by Crippen LogP contribution is 2.25. The fourth-order valence-corrected chi connectivity index (χ4v) is 1.79. The Morgan fingerprint density at radius 1 is 1.52 bits per heavy atom. The van der Waals surface area contributed by atoms with Gasteiger partial charge in [-0.1, -0.05) is 11.3 Å². The Morgan fingerprint density at radius 3 is 2.95 bits per heavy atom. The molecule has 0 aliphatic carbocycles. The number of hydrogen-bond acceptors (Lipinski definition) is 6. The zero-order chi connectivity index (χ0) is 15.4. The van der Waals surface area contributed by atoms with E-state index < -0.39 is 10.8 Å². The summed E-state index contributed by atoms with van der Waals surface area (Å²) in [6.45, 7) is 2.41. The molecule has 0 fully saturated rings. The van der Waals surface area contributed by atoms with Crippen LogP contribution >= 0.6 is 0 Å². The van der Waals surface area contributed by atoms with Gasteiger partial charge >= 0.3 is 0 Å². The summed E-state index contributed by atoms with van der Waals surface area (Å²) in [6.07, 6.45) is 1.47. The Hall–Kier alpha value is -2.81. The zero-order valence-electron chi connectivity index (χ0n) is 11.3. The summed E-state index contributed by atoms with van der Waals surface area (Å²) in [5, 5.41) is 20.9. The van der Waals surface area contributed by atoms with E-state index in [1.54, 1.807) is 13.0 Å². The van der Waals surface area contributed by atoms with Crippen LogP contribution in [0.4, 0.5) is 11.4 Å². The normalized spacial score (nSPS) is 10.4. The Bertz CT molecular complexity index is 681. The van der Waals surface area contributed by atoms with Crippen LogP contribution in [0.3, 0.4) is 0 Å². The molecule has 1 aromatic carbocycles. The quantitative estimate of drug-likeness (QED) is 0.616. The summed E-state index contributed by atoms with van der Waals surface area (Å²) in [4.78, 5) is 22.4. The third kappa shape index (κ3) is 3.20. The lowest BCUT2D eigenvalue weighted by atomic mass is 10.1. The summed E-state index contributed by atoms with van der Waals surface area (Å²) in [7, 11) is 0. The van der Waals surface area contributed by atoms with Gasteiger partial charge in [0.15, 0.2) is 5.69 Å². The van der Waals surface area contributed by atoms with Gasteiger partial charge in [-0.2, -0.15) is 0 Å². The van der Waals surface area contributed by atoms with E-state index in [4.69, 9.17) is 5.73 Å². The van der Waals surface area contributed by atoms with E-state index in [1.165, 1.54) is 23.0 Å². The van der Waals surface area contributed by atoms with E-state index in [0.717, 1.165) is 0 Å². The van der Waals surface area contributed by atoms with Crippen molar-refractivity contribution in [3.8, 4) is 0 Å². The van der Waals surface area contributed by atoms with E-state index in [2.05, 4.69) is 15.6 Å². The van der Waals surface area contributed by atoms with Gasteiger partial charge in [0, 0.05) is 12.6 Å². The molecule has 21 heavy (non-hydrogen) atoms. The first-order chi connectivity index (χ1) is 10.0. The van der Waals surface area contributed by atoms with Crippen molar-refractivity contribution in [2.75, 3.05) is 11.9 Å². The van der Waals surface area contributed by atoms with Crippen LogP contribution in [-0.2, 0) is 6.54 Å². The molecular formula is C12H14N6O3. The number of aromatic nitrogens is 3. The van der Waals surface area contributed by atoms with Gasteiger partial charge in [-0.05, 0) is 13.0 Å². The first-order valence-electron chi connectivity index (χ1n) is 6.18. The minimum absolute atomic E-state index is 0.0559. The number of rotatable bonds is 5. The topological polar surface area (TPSA) is 129 Å². The number of amides is 1. The van der Waals surface area contributed by atoms with Crippen LogP contribution in [0.2, 0.25) is 0 Å². The van der Waals surface area contributed by atoms with Crippen LogP contribution < -0.4 is 11.1 Å². The monoisotopic (exact) mass is 290 g/mol. The minimum Gasteiger partial charge on any atom is -0.329 e. The Balaban J connectivity index is 2.19. The standard InChI is InChI=1S/C12H14N6O3/c1-8-9(3-2-4-11(8)18(20)21)14-12(19)10-7-17(6-5-13)16-15-10/h2-4,7H,5-6,13H2,1H3,(H,14,19). The number of nitrogens with two attached hydrogens (primary N) is 1. The molecule has 1 aromatic heterocycles. The van der Waals surface area contributed by atoms with Crippen LogP contribution in [0.5, 0.6) is 0 Å². The molecule has 0 saturated heterocycles. The van der Waals surface area contributed by atoms with Crippen molar-refractivity contribution in [1.29, 1.82) is 0 Å². The van der Waals surface area contributed by atoms with Gasteiger partial charge in [0.25, 0.3) is 11.6 Å². The maximum absolute atomic E-state index is 12.0. The van der Waals surface area contributed by atoms with Gasteiger partial charge in [0.2, 0.25) is 0 Å². The lowest BCUT2D eigenvalue weighted by Gasteiger charge is -2.06. The summed E-state index contributed by atoms with van der Waals surface area (Å²) in [5.41, 5.74) is 6.19. The van der Waals surface area contributed by atoms with Gasteiger partial charge in [-0.3, -0.25) is 19.6 Å². The Labute approximate surface area is 119 Å². The van der Waals surface area contributed by atoms with Crippen LogP contribution in [0.25, 0.3) is 0 Å². The minimum atomic E-state index is -0.498. The molecule has 0 bridgehead atoms. The predicted molar refractivity (Wildman–Crippen MR) is 74.9 cm³/mol. The van der Waals surface area contributed by atoms with Crippen LogP contribution in [0.15, 0.2) is 24.4 Å². The maximum atomic E-state index is 12.0. The van der Waals surface area contributed by atoms with E-state index >= 15 is 0 Å². The number of carbonyl (C=O) groups is 1. The lowest BCUT2D eigenvalue weighted by Crippen LogP contribution is -2.14. The molecule has 0 saturated carbocycles. The Morgan fingerprint density at radius 2 is 2.29 bits per heavy atom. The molecule has 0 radical (unpaired) electrons.